The normalized spacial score (nSPS) is 14.6. The summed E-state index contributed by atoms with van der Waals surface area (Å²) >= 11 is 0. The molecule has 2 heterocycles. The topological polar surface area (TPSA) is 68.6 Å². The summed E-state index contributed by atoms with van der Waals surface area (Å²) in [5.74, 6) is 1.55. The highest BCUT2D eigenvalue weighted by Crippen LogP contribution is 2.23. The first-order valence-corrected chi connectivity index (χ1v) is 11.0. The Hall–Kier alpha value is -2.90. The van der Waals surface area contributed by atoms with Gasteiger partial charge in [-0.1, -0.05) is 31.5 Å². The van der Waals surface area contributed by atoms with E-state index in [0.29, 0.717) is 5.75 Å². The summed E-state index contributed by atoms with van der Waals surface area (Å²) in [5.41, 5.74) is 2.74. The number of para-hydroxylation sites is 1. The van der Waals surface area contributed by atoms with E-state index in [4.69, 9.17) is 14.5 Å². The quantitative estimate of drug-likeness (QED) is 0.570. The number of aromatic nitrogens is 2. The monoisotopic (exact) mass is 422 g/mol. The third-order valence-corrected chi connectivity index (χ3v) is 5.43. The van der Waals surface area contributed by atoms with Crippen LogP contribution < -0.4 is 10.1 Å². The van der Waals surface area contributed by atoms with Crippen molar-refractivity contribution in [2.75, 3.05) is 38.2 Å². The Balaban J connectivity index is 1.47. The number of carbonyl (C=O) groups excluding carboxylic acids is 1. The molecule has 0 radical (unpaired) electrons. The fourth-order valence-electron chi connectivity index (χ4n) is 3.77. The van der Waals surface area contributed by atoms with Gasteiger partial charge in [-0.05, 0) is 36.8 Å². The zero-order valence-corrected chi connectivity index (χ0v) is 18.0. The molecule has 1 saturated heterocycles. The molecule has 7 heteroatoms. The number of ether oxygens (including phenoxy) is 2. The maximum absolute atomic E-state index is 12.3. The first kappa shape index (κ1) is 21.3. The molecule has 31 heavy (non-hydrogen) atoms. The van der Waals surface area contributed by atoms with Crippen molar-refractivity contribution in [1.29, 1.82) is 0 Å². The number of morpholine rings is 1. The van der Waals surface area contributed by atoms with E-state index in [0.717, 1.165) is 74.8 Å². The number of carbonyl (C=O) groups is 1. The number of hydrogen-bond donors (Lipinski definition) is 1. The molecule has 3 aromatic rings. The number of benzene rings is 2. The summed E-state index contributed by atoms with van der Waals surface area (Å²) in [6.45, 7) is 7.34. The van der Waals surface area contributed by atoms with Crippen LogP contribution in [0.25, 0.3) is 11.0 Å². The molecule has 0 aliphatic carbocycles. The SMILES string of the molecule is CCCCn1c(CN2CCOCC2)nc2cc(NC(=O)COc3ccccc3)ccc21. The minimum atomic E-state index is -0.192. The number of hydrogen-bond acceptors (Lipinski definition) is 5. The van der Waals surface area contributed by atoms with E-state index >= 15 is 0 Å². The summed E-state index contributed by atoms with van der Waals surface area (Å²) in [4.78, 5) is 19.6. The van der Waals surface area contributed by atoms with Gasteiger partial charge in [0.2, 0.25) is 0 Å². The van der Waals surface area contributed by atoms with E-state index in [1.807, 2.05) is 42.5 Å². The molecule has 1 N–H and O–H groups in total. The highest BCUT2D eigenvalue weighted by atomic mass is 16.5. The molecule has 0 spiro atoms. The smallest absolute Gasteiger partial charge is 0.262 e. The number of nitrogens with zero attached hydrogens (tertiary/aromatic N) is 3. The lowest BCUT2D eigenvalue weighted by Crippen LogP contribution is -2.36. The van der Waals surface area contributed by atoms with Crippen LogP contribution in [0.5, 0.6) is 5.75 Å². The zero-order valence-electron chi connectivity index (χ0n) is 18.0. The average Bonchev–Trinajstić information content (AvgIpc) is 3.13. The second-order valence-corrected chi connectivity index (χ2v) is 7.78. The van der Waals surface area contributed by atoms with Crippen LogP contribution in [-0.4, -0.2) is 53.3 Å². The highest BCUT2D eigenvalue weighted by molar-refractivity contribution is 5.94. The molecule has 0 bridgehead atoms. The molecule has 1 amide bonds. The Bertz CT molecular complexity index is 997. The summed E-state index contributed by atoms with van der Waals surface area (Å²) in [7, 11) is 0. The molecule has 1 aliphatic heterocycles. The lowest BCUT2D eigenvalue weighted by Gasteiger charge is -2.26. The minimum absolute atomic E-state index is 0.0325. The van der Waals surface area contributed by atoms with Gasteiger partial charge in [-0.2, -0.15) is 0 Å². The van der Waals surface area contributed by atoms with E-state index in [-0.39, 0.29) is 12.5 Å². The van der Waals surface area contributed by atoms with Gasteiger partial charge in [0.15, 0.2) is 6.61 Å². The number of rotatable bonds is 9. The molecule has 7 nitrogen and oxygen atoms in total. The molecule has 0 unspecified atom stereocenters. The van der Waals surface area contributed by atoms with Crippen molar-refractivity contribution < 1.29 is 14.3 Å². The van der Waals surface area contributed by atoms with Crippen molar-refractivity contribution in [2.45, 2.75) is 32.9 Å². The van der Waals surface area contributed by atoms with E-state index in [2.05, 4.69) is 27.8 Å². The number of fused-ring (bicyclic) bond motifs is 1. The molecule has 0 atom stereocenters. The van der Waals surface area contributed by atoms with Gasteiger partial charge in [-0.25, -0.2) is 4.98 Å². The molecular weight excluding hydrogens is 392 g/mol. The van der Waals surface area contributed by atoms with E-state index in [9.17, 15) is 4.79 Å². The number of amides is 1. The molecule has 0 saturated carbocycles. The molecule has 164 valence electrons. The number of unbranched alkanes of at least 4 members (excludes halogenated alkanes) is 1. The van der Waals surface area contributed by atoms with Crippen LogP contribution in [0.15, 0.2) is 48.5 Å². The van der Waals surface area contributed by atoms with Crippen molar-refractivity contribution in [2.24, 2.45) is 0 Å². The summed E-state index contributed by atoms with van der Waals surface area (Å²) in [6, 6.07) is 15.3. The Morgan fingerprint density at radius 2 is 1.97 bits per heavy atom. The van der Waals surface area contributed by atoms with Gasteiger partial charge in [0.1, 0.15) is 11.6 Å². The van der Waals surface area contributed by atoms with E-state index < -0.39 is 0 Å². The molecule has 1 aromatic heterocycles. The van der Waals surface area contributed by atoms with Gasteiger partial charge >= 0.3 is 0 Å². The van der Waals surface area contributed by atoms with Crippen molar-refractivity contribution in [3.8, 4) is 5.75 Å². The summed E-state index contributed by atoms with van der Waals surface area (Å²) in [5, 5.41) is 2.92. The van der Waals surface area contributed by atoms with E-state index in [1.54, 1.807) is 0 Å². The zero-order chi connectivity index (χ0) is 21.5. The second kappa shape index (κ2) is 10.4. The first-order chi connectivity index (χ1) is 15.2. The van der Waals surface area contributed by atoms with Crippen LogP contribution in [0, 0.1) is 0 Å². The van der Waals surface area contributed by atoms with Gasteiger partial charge in [-0.15, -0.1) is 0 Å². The number of nitrogens with one attached hydrogen (secondary N) is 1. The summed E-state index contributed by atoms with van der Waals surface area (Å²) < 4.78 is 13.3. The largest absolute Gasteiger partial charge is 0.484 e. The Labute approximate surface area is 183 Å². The summed E-state index contributed by atoms with van der Waals surface area (Å²) in [6.07, 6.45) is 2.24. The maximum Gasteiger partial charge on any atom is 0.262 e. The van der Waals surface area contributed by atoms with Gasteiger partial charge in [0.05, 0.1) is 30.8 Å². The first-order valence-electron chi connectivity index (χ1n) is 11.0. The predicted molar refractivity (Wildman–Crippen MR) is 121 cm³/mol. The van der Waals surface area contributed by atoms with Crippen LogP contribution in [0.2, 0.25) is 0 Å². The standard InChI is InChI=1S/C24H30N4O3/c1-2-3-11-28-22-10-9-19(25-24(29)18-31-20-7-5-4-6-8-20)16-21(22)26-23(28)17-27-12-14-30-15-13-27/h4-10,16H,2-3,11-15,17-18H2,1H3,(H,25,29). The predicted octanol–water partition coefficient (Wildman–Crippen LogP) is 3.69. The fraction of sp³-hybridized carbons (Fsp3) is 0.417. The minimum Gasteiger partial charge on any atom is -0.484 e. The van der Waals surface area contributed by atoms with E-state index in [1.165, 1.54) is 0 Å². The van der Waals surface area contributed by atoms with Crippen LogP contribution >= 0.6 is 0 Å². The third kappa shape index (κ3) is 5.62. The lowest BCUT2D eigenvalue weighted by molar-refractivity contribution is -0.118. The molecule has 1 aliphatic rings. The third-order valence-electron chi connectivity index (χ3n) is 5.43. The number of aryl methyl sites for hydroxylation is 1. The Morgan fingerprint density at radius 3 is 2.74 bits per heavy atom. The van der Waals surface area contributed by atoms with Gasteiger partial charge in [0, 0.05) is 25.3 Å². The van der Waals surface area contributed by atoms with Crippen molar-refractivity contribution >= 4 is 22.6 Å². The lowest BCUT2D eigenvalue weighted by atomic mass is 10.2. The Morgan fingerprint density at radius 1 is 1.16 bits per heavy atom. The molecule has 4 rings (SSSR count). The van der Waals surface area contributed by atoms with Crippen molar-refractivity contribution in [3.05, 3.63) is 54.4 Å². The average molecular weight is 423 g/mol. The van der Waals surface area contributed by atoms with Crippen molar-refractivity contribution in [1.82, 2.24) is 14.5 Å². The molecule has 1 fully saturated rings. The number of imidazole rings is 1. The van der Waals surface area contributed by atoms with Gasteiger partial charge in [0.25, 0.3) is 5.91 Å². The van der Waals surface area contributed by atoms with Gasteiger partial charge < -0.3 is 19.4 Å². The molecule has 2 aromatic carbocycles. The second-order valence-electron chi connectivity index (χ2n) is 7.78. The molecular formula is C24H30N4O3. The van der Waals surface area contributed by atoms with Crippen LogP contribution in [-0.2, 0) is 22.6 Å². The maximum atomic E-state index is 12.3. The number of anilines is 1. The fourth-order valence-corrected chi connectivity index (χ4v) is 3.77. The van der Waals surface area contributed by atoms with Gasteiger partial charge in [-0.3, -0.25) is 9.69 Å². The Kier molecular flexibility index (Phi) is 7.17. The van der Waals surface area contributed by atoms with Crippen LogP contribution in [0.4, 0.5) is 5.69 Å². The van der Waals surface area contributed by atoms with Crippen molar-refractivity contribution in [3.63, 3.8) is 0 Å². The van der Waals surface area contributed by atoms with Crippen LogP contribution in [0.3, 0.4) is 0 Å². The van der Waals surface area contributed by atoms with Crippen LogP contribution in [0.1, 0.15) is 25.6 Å². The highest BCUT2D eigenvalue weighted by Gasteiger charge is 2.17.